The van der Waals surface area contributed by atoms with E-state index in [4.69, 9.17) is 16.8 Å². The van der Waals surface area contributed by atoms with Gasteiger partial charge >= 0.3 is 0 Å². The van der Waals surface area contributed by atoms with Gasteiger partial charge in [-0.2, -0.15) is 0 Å². The number of fused-ring (bicyclic) bond motifs is 1. The largest absolute Gasteiger partial charge is 0.411 e. The number of hydrogen-bond acceptors (Lipinski definition) is 3. The Hall–Kier alpha value is -1.13. The minimum Gasteiger partial charge on any atom is -0.411 e. The molecule has 2 rings (SSSR count). The summed E-state index contributed by atoms with van der Waals surface area (Å²) in [6.07, 6.45) is 3.00. The monoisotopic (exact) mass is 284 g/mol. The average molecular weight is 286 g/mol. The molecule has 0 spiro atoms. The smallest absolute Gasteiger partial charge is 0.0734 e. The van der Waals surface area contributed by atoms with Crippen LogP contribution >= 0.6 is 27.5 Å². The maximum absolute atomic E-state index is 8.43. The zero-order valence-electron chi connectivity index (χ0n) is 7.48. The summed E-state index contributed by atoms with van der Waals surface area (Å²) >= 11 is 9.41. The van der Waals surface area contributed by atoms with E-state index < -0.39 is 0 Å². The van der Waals surface area contributed by atoms with Crippen molar-refractivity contribution in [3.8, 4) is 0 Å². The lowest BCUT2D eigenvalue weighted by molar-refractivity contribution is 0.322. The number of nitrogens with zero attached hydrogens (tertiary/aromatic N) is 2. The number of aromatic nitrogens is 1. The Bertz CT molecular complexity index is 542. The number of benzene rings is 1. The molecular formula is C10H6BrClN2O. The summed E-state index contributed by atoms with van der Waals surface area (Å²) in [6.45, 7) is 0. The number of pyridine rings is 1. The van der Waals surface area contributed by atoms with Crippen LogP contribution in [0.25, 0.3) is 10.9 Å². The predicted octanol–water partition coefficient (Wildman–Crippen LogP) is 3.46. The third-order valence-electron chi connectivity index (χ3n) is 1.99. The van der Waals surface area contributed by atoms with E-state index >= 15 is 0 Å². The SMILES string of the molecule is O/N=C/c1ccc2ncc(Br)c(Cl)c2c1. The topological polar surface area (TPSA) is 45.5 Å². The molecule has 1 aromatic heterocycles. The molecule has 0 saturated carbocycles. The van der Waals surface area contributed by atoms with Gasteiger partial charge in [0.05, 0.1) is 21.2 Å². The summed E-state index contributed by atoms with van der Waals surface area (Å²) in [5, 5.41) is 12.8. The second-order valence-corrected chi connectivity index (χ2v) is 4.17. The molecule has 1 heterocycles. The van der Waals surface area contributed by atoms with Gasteiger partial charge in [0, 0.05) is 11.6 Å². The zero-order valence-corrected chi connectivity index (χ0v) is 9.83. The van der Waals surface area contributed by atoms with E-state index in [-0.39, 0.29) is 0 Å². The van der Waals surface area contributed by atoms with Crippen LogP contribution in [0, 0.1) is 0 Å². The van der Waals surface area contributed by atoms with Gasteiger partial charge in [-0.25, -0.2) is 0 Å². The van der Waals surface area contributed by atoms with Crippen molar-refractivity contribution >= 4 is 44.6 Å². The Morgan fingerprint density at radius 2 is 2.27 bits per heavy atom. The maximum atomic E-state index is 8.43. The molecule has 0 bridgehead atoms. The van der Waals surface area contributed by atoms with E-state index in [0.717, 1.165) is 20.9 Å². The zero-order chi connectivity index (χ0) is 10.8. The summed E-state index contributed by atoms with van der Waals surface area (Å²) < 4.78 is 0.745. The first-order chi connectivity index (χ1) is 7.22. The van der Waals surface area contributed by atoms with Crippen molar-refractivity contribution in [3.05, 3.63) is 39.5 Å². The molecule has 0 aliphatic carbocycles. The first kappa shape index (κ1) is 10.4. The van der Waals surface area contributed by atoms with E-state index in [1.54, 1.807) is 12.3 Å². The number of oxime groups is 1. The van der Waals surface area contributed by atoms with E-state index in [0.29, 0.717) is 5.02 Å². The lowest BCUT2D eigenvalue weighted by atomic mass is 10.1. The van der Waals surface area contributed by atoms with Gasteiger partial charge in [-0.3, -0.25) is 4.98 Å². The summed E-state index contributed by atoms with van der Waals surface area (Å²) in [6, 6.07) is 5.44. The molecule has 0 amide bonds. The van der Waals surface area contributed by atoms with Gasteiger partial charge in [-0.1, -0.05) is 22.8 Å². The van der Waals surface area contributed by atoms with Crippen LogP contribution in [0.1, 0.15) is 5.56 Å². The second-order valence-electron chi connectivity index (χ2n) is 2.94. The van der Waals surface area contributed by atoms with Crippen LogP contribution in [0.5, 0.6) is 0 Å². The van der Waals surface area contributed by atoms with Crippen LogP contribution in [-0.2, 0) is 0 Å². The minimum absolute atomic E-state index is 0.605. The van der Waals surface area contributed by atoms with Gasteiger partial charge in [0.15, 0.2) is 0 Å². The molecule has 0 fully saturated rings. The lowest BCUT2D eigenvalue weighted by Crippen LogP contribution is -1.85. The van der Waals surface area contributed by atoms with Crippen molar-refractivity contribution in [2.75, 3.05) is 0 Å². The van der Waals surface area contributed by atoms with Crippen molar-refractivity contribution in [1.82, 2.24) is 4.98 Å². The Morgan fingerprint density at radius 3 is 3.00 bits per heavy atom. The molecule has 3 nitrogen and oxygen atoms in total. The molecule has 0 saturated heterocycles. The van der Waals surface area contributed by atoms with Crippen LogP contribution in [0.4, 0.5) is 0 Å². The summed E-state index contributed by atoms with van der Waals surface area (Å²) in [4.78, 5) is 4.20. The molecule has 2 aromatic rings. The number of hydrogen-bond donors (Lipinski definition) is 1. The molecular weight excluding hydrogens is 279 g/mol. The van der Waals surface area contributed by atoms with Gasteiger partial charge in [0.2, 0.25) is 0 Å². The van der Waals surface area contributed by atoms with Crippen LogP contribution in [-0.4, -0.2) is 16.4 Å². The standard InChI is InChI=1S/C10H6BrClN2O/c11-8-5-13-9-2-1-6(4-14-15)3-7(9)10(8)12/h1-5,15H/b14-4+. The average Bonchev–Trinajstić information content (AvgIpc) is 2.25. The summed E-state index contributed by atoms with van der Waals surface area (Å²) in [5.41, 5.74) is 1.57. The molecule has 5 heteroatoms. The van der Waals surface area contributed by atoms with Crippen LogP contribution in [0.2, 0.25) is 5.02 Å². The van der Waals surface area contributed by atoms with Crippen molar-refractivity contribution in [2.45, 2.75) is 0 Å². The summed E-state index contributed by atoms with van der Waals surface area (Å²) in [7, 11) is 0. The highest BCUT2D eigenvalue weighted by molar-refractivity contribution is 9.10. The van der Waals surface area contributed by atoms with Crippen molar-refractivity contribution in [2.24, 2.45) is 5.16 Å². The Balaban J connectivity index is 2.73. The highest BCUT2D eigenvalue weighted by atomic mass is 79.9. The molecule has 0 aliphatic rings. The fourth-order valence-corrected chi connectivity index (χ4v) is 1.82. The van der Waals surface area contributed by atoms with Crippen LogP contribution < -0.4 is 0 Å². The minimum atomic E-state index is 0.605. The first-order valence-corrected chi connectivity index (χ1v) is 5.30. The van der Waals surface area contributed by atoms with Crippen molar-refractivity contribution in [3.63, 3.8) is 0 Å². The van der Waals surface area contributed by atoms with Gasteiger partial charge in [0.1, 0.15) is 0 Å². The highest BCUT2D eigenvalue weighted by Crippen LogP contribution is 2.29. The third kappa shape index (κ3) is 1.96. The molecule has 15 heavy (non-hydrogen) atoms. The first-order valence-electron chi connectivity index (χ1n) is 4.13. The van der Waals surface area contributed by atoms with Gasteiger partial charge in [-0.15, -0.1) is 0 Å². The molecule has 1 N–H and O–H groups in total. The second kappa shape index (κ2) is 4.16. The molecule has 76 valence electrons. The number of halogens is 2. The van der Waals surface area contributed by atoms with E-state index in [2.05, 4.69) is 26.1 Å². The Morgan fingerprint density at radius 1 is 1.47 bits per heavy atom. The molecule has 0 unspecified atom stereocenters. The van der Waals surface area contributed by atoms with Crippen LogP contribution in [0.15, 0.2) is 34.0 Å². The molecule has 0 atom stereocenters. The van der Waals surface area contributed by atoms with E-state index in [1.165, 1.54) is 6.21 Å². The van der Waals surface area contributed by atoms with E-state index in [9.17, 15) is 0 Å². The summed E-state index contributed by atoms with van der Waals surface area (Å²) in [5.74, 6) is 0. The van der Waals surface area contributed by atoms with Crippen LogP contribution in [0.3, 0.4) is 0 Å². The molecule has 0 aliphatic heterocycles. The predicted molar refractivity (Wildman–Crippen MR) is 63.8 cm³/mol. The number of rotatable bonds is 1. The quantitative estimate of drug-likeness (QED) is 0.495. The Kier molecular flexibility index (Phi) is 2.88. The molecule has 1 aromatic carbocycles. The molecule has 0 radical (unpaired) electrons. The maximum Gasteiger partial charge on any atom is 0.0734 e. The van der Waals surface area contributed by atoms with Gasteiger partial charge in [-0.05, 0) is 33.6 Å². The lowest BCUT2D eigenvalue weighted by Gasteiger charge is -2.02. The van der Waals surface area contributed by atoms with Gasteiger partial charge in [0.25, 0.3) is 0 Å². The van der Waals surface area contributed by atoms with Crippen molar-refractivity contribution in [1.29, 1.82) is 0 Å². The normalized spacial score (nSPS) is 11.3. The van der Waals surface area contributed by atoms with Crippen molar-refractivity contribution < 1.29 is 5.21 Å². The fourth-order valence-electron chi connectivity index (χ4n) is 1.30. The van der Waals surface area contributed by atoms with E-state index in [1.807, 2.05) is 12.1 Å². The third-order valence-corrected chi connectivity index (χ3v) is 3.23. The fraction of sp³-hybridized carbons (Fsp3) is 0. The highest BCUT2D eigenvalue weighted by Gasteiger charge is 2.04. The van der Waals surface area contributed by atoms with Gasteiger partial charge < -0.3 is 5.21 Å². The Labute approximate surface area is 99.5 Å².